The number of nitro benzene ring substituents is 1. The summed E-state index contributed by atoms with van der Waals surface area (Å²) in [6.45, 7) is 0.377. The summed E-state index contributed by atoms with van der Waals surface area (Å²) >= 11 is 0. The molecule has 1 aromatic rings. The lowest BCUT2D eigenvalue weighted by molar-refractivity contribution is -0.384. The summed E-state index contributed by atoms with van der Waals surface area (Å²) in [5.74, 6) is 0.0179. The summed E-state index contributed by atoms with van der Waals surface area (Å²) < 4.78 is 0. The van der Waals surface area contributed by atoms with Crippen LogP contribution in [0.3, 0.4) is 0 Å². The Morgan fingerprint density at radius 3 is 2.42 bits per heavy atom. The minimum Gasteiger partial charge on any atom is -0.296 e. The third-order valence-electron chi connectivity index (χ3n) is 3.74. The molecule has 1 aliphatic rings. The molecule has 0 unspecified atom stereocenters. The van der Waals surface area contributed by atoms with Crippen LogP contribution in [0, 0.1) is 10.1 Å². The monoisotopic (exact) mass is 262 g/mol. The Kier molecular flexibility index (Phi) is 4.27. The maximum Gasteiger partial charge on any atom is 0.269 e. The van der Waals surface area contributed by atoms with Gasteiger partial charge in [-0.2, -0.15) is 0 Å². The molecule has 5 nitrogen and oxygen atoms in total. The molecule has 0 atom stereocenters. The highest BCUT2D eigenvalue weighted by molar-refractivity contribution is 5.97. The predicted octanol–water partition coefficient (Wildman–Crippen LogP) is 2.65. The first kappa shape index (κ1) is 13.7. The molecule has 1 aromatic carbocycles. The lowest BCUT2D eigenvalue weighted by Gasteiger charge is -2.22. The van der Waals surface area contributed by atoms with Crippen molar-refractivity contribution in [1.82, 2.24) is 4.90 Å². The molecule has 2 rings (SSSR count). The number of nitro groups is 1. The lowest BCUT2D eigenvalue weighted by Crippen LogP contribution is -2.34. The highest BCUT2D eigenvalue weighted by Gasteiger charge is 2.21. The number of likely N-dealkylation sites (N-methyl/N-ethyl adjacent to an activating group) is 1. The first-order chi connectivity index (χ1) is 9.08. The van der Waals surface area contributed by atoms with Gasteiger partial charge in [-0.15, -0.1) is 0 Å². The molecule has 0 heterocycles. The summed E-state index contributed by atoms with van der Waals surface area (Å²) in [7, 11) is 1.97. The van der Waals surface area contributed by atoms with Gasteiger partial charge in [-0.25, -0.2) is 0 Å². The summed E-state index contributed by atoms with van der Waals surface area (Å²) in [6, 6.07) is 6.32. The second-order valence-electron chi connectivity index (χ2n) is 5.08. The van der Waals surface area contributed by atoms with Crippen molar-refractivity contribution in [3.8, 4) is 0 Å². The summed E-state index contributed by atoms with van der Waals surface area (Å²) in [6.07, 6.45) is 4.79. The zero-order chi connectivity index (χ0) is 13.8. The van der Waals surface area contributed by atoms with Crippen LogP contribution >= 0.6 is 0 Å². The average Bonchev–Trinajstić information content (AvgIpc) is 2.92. The normalized spacial score (nSPS) is 15.9. The quantitative estimate of drug-likeness (QED) is 0.465. The van der Waals surface area contributed by atoms with Gasteiger partial charge in [-0.3, -0.25) is 19.8 Å². The Labute approximate surface area is 112 Å². The van der Waals surface area contributed by atoms with Crippen molar-refractivity contribution in [2.45, 2.75) is 31.7 Å². The zero-order valence-electron chi connectivity index (χ0n) is 11.0. The van der Waals surface area contributed by atoms with Crippen molar-refractivity contribution in [2.75, 3.05) is 13.6 Å². The van der Waals surface area contributed by atoms with Gasteiger partial charge in [0.15, 0.2) is 5.78 Å². The molecule has 5 heteroatoms. The van der Waals surface area contributed by atoms with Gasteiger partial charge in [-0.1, -0.05) is 12.8 Å². The van der Waals surface area contributed by atoms with E-state index in [1.54, 1.807) is 0 Å². The number of Topliss-reactive ketones (excluding diaryl/α,β-unsaturated/α-hetero) is 1. The Balaban J connectivity index is 1.97. The fourth-order valence-corrected chi connectivity index (χ4v) is 2.56. The van der Waals surface area contributed by atoms with Crippen LogP contribution in [0.15, 0.2) is 24.3 Å². The molecule has 0 saturated heterocycles. The standard InChI is InChI=1S/C14H18N2O3/c1-15(12-4-2-3-5-12)10-14(17)11-6-8-13(9-7-11)16(18)19/h6-9,12H,2-5,10H2,1H3. The molecule has 19 heavy (non-hydrogen) atoms. The van der Waals surface area contributed by atoms with Crippen LogP contribution in [0.1, 0.15) is 36.0 Å². The number of hydrogen-bond donors (Lipinski definition) is 0. The van der Waals surface area contributed by atoms with Crippen molar-refractivity contribution in [1.29, 1.82) is 0 Å². The van der Waals surface area contributed by atoms with Crippen LogP contribution in [0.2, 0.25) is 0 Å². The number of ketones is 1. The van der Waals surface area contributed by atoms with E-state index in [4.69, 9.17) is 0 Å². The van der Waals surface area contributed by atoms with Gasteiger partial charge in [0.25, 0.3) is 5.69 Å². The van der Waals surface area contributed by atoms with Crippen LogP contribution in [0.5, 0.6) is 0 Å². The van der Waals surface area contributed by atoms with Gasteiger partial charge >= 0.3 is 0 Å². The van der Waals surface area contributed by atoms with E-state index in [1.165, 1.54) is 37.1 Å². The number of hydrogen-bond acceptors (Lipinski definition) is 4. The van der Waals surface area contributed by atoms with Gasteiger partial charge in [0.05, 0.1) is 11.5 Å². The van der Waals surface area contributed by atoms with Crippen molar-refractivity contribution in [2.24, 2.45) is 0 Å². The number of non-ortho nitro benzene ring substituents is 1. The Hall–Kier alpha value is -1.75. The van der Waals surface area contributed by atoms with E-state index in [-0.39, 0.29) is 11.5 Å². The Morgan fingerprint density at radius 1 is 1.32 bits per heavy atom. The second kappa shape index (κ2) is 5.93. The third-order valence-corrected chi connectivity index (χ3v) is 3.74. The topological polar surface area (TPSA) is 63.5 Å². The Bertz CT molecular complexity index is 464. The van der Waals surface area contributed by atoms with Crippen molar-refractivity contribution in [3.63, 3.8) is 0 Å². The molecule has 102 valence electrons. The molecule has 0 spiro atoms. The fourth-order valence-electron chi connectivity index (χ4n) is 2.56. The van der Waals surface area contributed by atoms with Crippen molar-refractivity contribution in [3.05, 3.63) is 39.9 Å². The van der Waals surface area contributed by atoms with E-state index in [1.807, 2.05) is 7.05 Å². The maximum atomic E-state index is 12.1. The highest BCUT2D eigenvalue weighted by atomic mass is 16.6. The summed E-state index contributed by atoms with van der Waals surface area (Å²) in [5.41, 5.74) is 0.552. The summed E-state index contributed by atoms with van der Waals surface area (Å²) in [5, 5.41) is 10.5. The predicted molar refractivity (Wildman–Crippen MR) is 72.3 cm³/mol. The van der Waals surface area contributed by atoms with Crippen molar-refractivity contribution < 1.29 is 9.72 Å². The molecule has 0 amide bonds. The average molecular weight is 262 g/mol. The largest absolute Gasteiger partial charge is 0.296 e. The Morgan fingerprint density at radius 2 is 1.89 bits per heavy atom. The molecule has 0 bridgehead atoms. The van der Waals surface area contributed by atoms with E-state index in [0.29, 0.717) is 18.2 Å². The zero-order valence-corrected chi connectivity index (χ0v) is 11.0. The molecule has 0 N–H and O–H groups in total. The van der Waals surface area contributed by atoms with Gasteiger partial charge in [0.2, 0.25) is 0 Å². The highest BCUT2D eigenvalue weighted by Crippen LogP contribution is 2.22. The number of carbonyl (C=O) groups is 1. The molecule has 0 radical (unpaired) electrons. The smallest absolute Gasteiger partial charge is 0.269 e. The molecule has 1 fully saturated rings. The molecular formula is C14H18N2O3. The summed E-state index contributed by atoms with van der Waals surface area (Å²) in [4.78, 5) is 24.3. The molecule has 0 aromatic heterocycles. The minimum absolute atomic E-state index is 0.0145. The van der Waals surface area contributed by atoms with Crippen LogP contribution in [-0.2, 0) is 0 Å². The number of benzene rings is 1. The van der Waals surface area contributed by atoms with E-state index in [9.17, 15) is 14.9 Å². The number of rotatable bonds is 5. The molecular weight excluding hydrogens is 244 g/mol. The van der Waals surface area contributed by atoms with Gasteiger partial charge < -0.3 is 0 Å². The molecule has 0 aliphatic heterocycles. The van der Waals surface area contributed by atoms with Crippen LogP contribution in [0.4, 0.5) is 5.69 Å². The molecule has 1 saturated carbocycles. The second-order valence-corrected chi connectivity index (χ2v) is 5.08. The van der Waals surface area contributed by atoms with E-state index >= 15 is 0 Å². The van der Waals surface area contributed by atoms with E-state index in [0.717, 1.165) is 12.8 Å². The fraction of sp³-hybridized carbons (Fsp3) is 0.500. The SMILES string of the molecule is CN(CC(=O)c1ccc([N+](=O)[O-])cc1)C1CCCC1. The van der Waals surface area contributed by atoms with Crippen LogP contribution in [-0.4, -0.2) is 35.2 Å². The number of nitrogens with zero attached hydrogens (tertiary/aromatic N) is 2. The first-order valence-corrected chi connectivity index (χ1v) is 6.56. The van der Waals surface area contributed by atoms with Crippen molar-refractivity contribution >= 4 is 11.5 Å². The third kappa shape index (κ3) is 3.38. The van der Waals surface area contributed by atoms with Gasteiger partial charge in [-0.05, 0) is 32.0 Å². The van der Waals surface area contributed by atoms with Crippen LogP contribution < -0.4 is 0 Å². The number of carbonyl (C=O) groups excluding carboxylic acids is 1. The lowest BCUT2D eigenvalue weighted by atomic mass is 10.1. The minimum atomic E-state index is -0.459. The van der Waals surface area contributed by atoms with E-state index < -0.39 is 4.92 Å². The van der Waals surface area contributed by atoms with E-state index in [2.05, 4.69) is 4.90 Å². The van der Waals surface area contributed by atoms with Gasteiger partial charge in [0.1, 0.15) is 0 Å². The molecule has 1 aliphatic carbocycles. The first-order valence-electron chi connectivity index (χ1n) is 6.56. The van der Waals surface area contributed by atoms with Gasteiger partial charge in [0, 0.05) is 23.7 Å². The maximum absolute atomic E-state index is 12.1. The van der Waals surface area contributed by atoms with Crippen LogP contribution in [0.25, 0.3) is 0 Å².